The zero-order valence-corrected chi connectivity index (χ0v) is 12.3. The predicted molar refractivity (Wildman–Crippen MR) is 76.4 cm³/mol. The first-order valence-corrected chi connectivity index (χ1v) is 6.60. The first kappa shape index (κ1) is 15.7. The van der Waals surface area contributed by atoms with Gasteiger partial charge in [0.2, 0.25) is 0 Å². The summed E-state index contributed by atoms with van der Waals surface area (Å²) in [4.78, 5) is 25.0. The van der Waals surface area contributed by atoms with E-state index in [1.807, 2.05) is 0 Å². The lowest BCUT2D eigenvalue weighted by Crippen LogP contribution is -2.30. The fourth-order valence-corrected chi connectivity index (χ4v) is 1.84. The topological polar surface area (TPSA) is 64.4 Å². The Bertz CT molecular complexity index is 684. The van der Waals surface area contributed by atoms with Crippen LogP contribution in [0.3, 0.4) is 0 Å². The Kier molecular flexibility index (Phi) is 4.88. The molecule has 7 heteroatoms. The number of halogens is 1. The maximum Gasteiger partial charge on any atom is 0.341 e. The summed E-state index contributed by atoms with van der Waals surface area (Å²) >= 11 is 0. The average molecular weight is 305 g/mol. The summed E-state index contributed by atoms with van der Waals surface area (Å²) in [6.45, 7) is -0.138. The van der Waals surface area contributed by atoms with Crippen LogP contribution in [0.15, 0.2) is 36.7 Å². The molecule has 0 fully saturated rings. The number of aryl methyl sites for hydroxylation is 1. The van der Waals surface area contributed by atoms with Crippen LogP contribution in [0.2, 0.25) is 0 Å². The van der Waals surface area contributed by atoms with Crippen LogP contribution in [0.4, 0.5) is 4.39 Å². The van der Waals surface area contributed by atoms with Gasteiger partial charge in [-0.15, -0.1) is 0 Å². The predicted octanol–water partition coefficient (Wildman–Crippen LogP) is 1.37. The molecule has 1 amide bonds. The number of nitrogens with zero attached hydrogens (tertiary/aromatic N) is 3. The molecule has 0 aliphatic rings. The molecule has 0 unspecified atom stereocenters. The van der Waals surface area contributed by atoms with Crippen molar-refractivity contribution in [3.05, 3.63) is 53.6 Å². The van der Waals surface area contributed by atoms with E-state index in [0.29, 0.717) is 5.56 Å². The van der Waals surface area contributed by atoms with Crippen molar-refractivity contribution in [2.75, 3.05) is 13.7 Å². The van der Waals surface area contributed by atoms with Crippen LogP contribution < -0.4 is 0 Å². The van der Waals surface area contributed by atoms with Crippen molar-refractivity contribution in [2.24, 2.45) is 7.05 Å². The van der Waals surface area contributed by atoms with Crippen molar-refractivity contribution in [3.8, 4) is 0 Å². The largest absolute Gasteiger partial charge is 0.452 e. The monoisotopic (exact) mass is 305 g/mol. The number of amides is 1. The molecule has 0 aliphatic carbocycles. The lowest BCUT2D eigenvalue weighted by atomic mass is 10.2. The van der Waals surface area contributed by atoms with Crippen molar-refractivity contribution in [1.82, 2.24) is 14.7 Å². The van der Waals surface area contributed by atoms with E-state index in [4.69, 9.17) is 4.74 Å². The third kappa shape index (κ3) is 4.15. The Morgan fingerprint density at radius 1 is 1.41 bits per heavy atom. The minimum Gasteiger partial charge on any atom is -0.452 e. The van der Waals surface area contributed by atoms with Gasteiger partial charge in [0.05, 0.1) is 11.8 Å². The van der Waals surface area contributed by atoms with Crippen LogP contribution in [-0.2, 0) is 23.1 Å². The number of hydrogen-bond donors (Lipinski definition) is 0. The van der Waals surface area contributed by atoms with Crippen molar-refractivity contribution in [3.63, 3.8) is 0 Å². The van der Waals surface area contributed by atoms with Gasteiger partial charge in [-0.3, -0.25) is 9.48 Å². The molecular weight excluding hydrogens is 289 g/mol. The van der Waals surface area contributed by atoms with Crippen LogP contribution in [0, 0.1) is 5.82 Å². The van der Waals surface area contributed by atoms with E-state index in [-0.39, 0.29) is 30.4 Å². The van der Waals surface area contributed by atoms with Gasteiger partial charge in [-0.05, 0) is 17.7 Å². The van der Waals surface area contributed by atoms with Gasteiger partial charge < -0.3 is 9.64 Å². The number of carbonyl (C=O) groups is 2. The highest BCUT2D eigenvalue weighted by molar-refractivity contribution is 5.90. The van der Waals surface area contributed by atoms with Gasteiger partial charge in [0.15, 0.2) is 6.61 Å². The molecule has 116 valence electrons. The normalized spacial score (nSPS) is 10.3. The summed E-state index contributed by atoms with van der Waals surface area (Å²) < 4.78 is 19.5. The summed E-state index contributed by atoms with van der Waals surface area (Å²) in [5, 5.41) is 3.85. The van der Waals surface area contributed by atoms with Crippen molar-refractivity contribution >= 4 is 11.9 Å². The molecule has 0 saturated heterocycles. The number of carbonyl (C=O) groups excluding carboxylic acids is 2. The second-order valence-electron chi connectivity index (χ2n) is 4.86. The number of aromatic nitrogens is 2. The lowest BCUT2D eigenvalue weighted by molar-refractivity contribution is -0.133. The van der Waals surface area contributed by atoms with Gasteiger partial charge in [-0.25, -0.2) is 9.18 Å². The fraction of sp³-hybridized carbons (Fsp3) is 0.267. The Morgan fingerprint density at radius 3 is 2.82 bits per heavy atom. The molecule has 2 aromatic rings. The smallest absolute Gasteiger partial charge is 0.341 e. The number of benzene rings is 1. The number of rotatable bonds is 5. The van der Waals surface area contributed by atoms with E-state index in [1.165, 1.54) is 34.1 Å². The Morgan fingerprint density at radius 2 is 2.18 bits per heavy atom. The van der Waals surface area contributed by atoms with Crippen molar-refractivity contribution < 1.29 is 18.7 Å². The summed E-state index contributed by atoms with van der Waals surface area (Å²) in [6, 6.07) is 5.98. The van der Waals surface area contributed by atoms with Crippen LogP contribution >= 0.6 is 0 Å². The minimum atomic E-state index is -0.611. The number of likely N-dealkylation sites (N-methyl/N-ethyl adjacent to an activating group) is 1. The molecular formula is C15H16FN3O3. The maximum atomic E-state index is 13.1. The highest BCUT2D eigenvalue weighted by atomic mass is 19.1. The summed E-state index contributed by atoms with van der Waals surface area (Å²) in [5.41, 5.74) is 0.942. The third-order valence-electron chi connectivity index (χ3n) is 3.00. The lowest BCUT2D eigenvalue weighted by Gasteiger charge is -2.17. The number of esters is 1. The number of ether oxygens (including phenoxy) is 1. The quantitative estimate of drug-likeness (QED) is 0.783. The van der Waals surface area contributed by atoms with E-state index in [0.717, 1.165) is 0 Å². The highest BCUT2D eigenvalue weighted by Crippen LogP contribution is 2.07. The first-order chi connectivity index (χ1) is 10.5. The molecule has 6 nitrogen and oxygen atoms in total. The van der Waals surface area contributed by atoms with E-state index in [2.05, 4.69) is 5.10 Å². The SMILES string of the molecule is CN(Cc1cccc(F)c1)C(=O)COC(=O)c1cnn(C)c1. The Balaban J connectivity index is 1.85. The highest BCUT2D eigenvalue weighted by Gasteiger charge is 2.15. The maximum absolute atomic E-state index is 13.1. The van der Waals surface area contributed by atoms with Crippen LogP contribution in [-0.4, -0.2) is 40.2 Å². The van der Waals surface area contributed by atoms with Crippen LogP contribution in [0.25, 0.3) is 0 Å². The summed E-state index contributed by atoms with van der Waals surface area (Å²) in [6.07, 6.45) is 2.87. The molecule has 0 spiro atoms. The molecule has 0 radical (unpaired) electrons. The van der Waals surface area contributed by atoms with Gasteiger partial charge in [-0.1, -0.05) is 12.1 Å². The minimum absolute atomic E-state index is 0.237. The van der Waals surface area contributed by atoms with Gasteiger partial charge in [0, 0.05) is 26.8 Å². The van der Waals surface area contributed by atoms with E-state index >= 15 is 0 Å². The molecule has 0 atom stereocenters. The van der Waals surface area contributed by atoms with Gasteiger partial charge in [0.25, 0.3) is 5.91 Å². The molecule has 0 aliphatic heterocycles. The fourth-order valence-electron chi connectivity index (χ4n) is 1.84. The molecule has 1 aromatic carbocycles. The molecule has 0 saturated carbocycles. The molecule has 1 aromatic heterocycles. The molecule has 0 bridgehead atoms. The standard InChI is InChI=1S/C15H16FN3O3/c1-18(8-11-4-3-5-13(16)6-11)14(20)10-22-15(21)12-7-17-19(2)9-12/h3-7,9H,8,10H2,1-2H3. The molecule has 2 rings (SSSR count). The van der Waals surface area contributed by atoms with Gasteiger partial charge in [-0.2, -0.15) is 5.10 Å². The molecule has 1 heterocycles. The van der Waals surface area contributed by atoms with Crippen molar-refractivity contribution in [2.45, 2.75) is 6.54 Å². The van der Waals surface area contributed by atoms with E-state index in [1.54, 1.807) is 26.2 Å². The Labute approximate surface area is 127 Å². The molecule has 22 heavy (non-hydrogen) atoms. The van der Waals surface area contributed by atoms with E-state index < -0.39 is 5.97 Å². The van der Waals surface area contributed by atoms with Crippen LogP contribution in [0.5, 0.6) is 0 Å². The zero-order valence-electron chi connectivity index (χ0n) is 12.3. The second-order valence-corrected chi connectivity index (χ2v) is 4.86. The van der Waals surface area contributed by atoms with Crippen LogP contribution in [0.1, 0.15) is 15.9 Å². The first-order valence-electron chi connectivity index (χ1n) is 6.60. The summed E-state index contributed by atoms with van der Waals surface area (Å²) in [7, 11) is 3.24. The van der Waals surface area contributed by atoms with Crippen molar-refractivity contribution in [1.29, 1.82) is 0 Å². The number of hydrogen-bond acceptors (Lipinski definition) is 4. The second kappa shape index (κ2) is 6.84. The molecule has 0 N–H and O–H groups in total. The Hall–Kier alpha value is -2.70. The summed E-state index contributed by atoms with van der Waals surface area (Å²) in [5.74, 6) is -1.34. The average Bonchev–Trinajstić information content (AvgIpc) is 2.91. The van der Waals surface area contributed by atoms with Gasteiger partial charge in [0.1, 0.15) is 5.82 Å². The third-order valence-corrected chi connectivity index (χ3v) is 3.00. The van der Waals surface area contributed by atoms with E-state index in [9.17, 15) is 14.0 Å². The van der Waals surface area contributed by atoms with Gasteiger partial charge >= 0.3 is 5.97 Å². The zero-order chi connectivity index (χ0) is 16.1.